The fourth-order valence-corrected chi connectivity index (χ4v) is 1.82. The molecular formula is C13H20FNO. The van der Waals surface area contributed by atoms with Gasteiger partial charge in [0.1, 0.15) is 5.82 Å². The third kappa shape index (κ3) is 3.29. The molecule has 16 heavy (non-hydrogen) atoms. The van der Waals surface area contributed by atoms with Crippen molar-refractivity contribution in [2.45, 2.75) is 32.8 Å². The minimum Gasteiger partial charge on any atom is -0.385 e. The van der Waals surface area contributed by atoms with E-state index >= 15 is 0 Å². The summed E-state index contributed by atoms with van der Waals surface area (Å²) in [6.45, 7) is 7.22. The van der Waals surface area contributed by atoms with Crippen molar-refractivity contribution < 1.29 is 9.50 Å². The maximum absolute atomic E-state index is 13.1. The lowest BCUT2D eigenvalue weighted by atomic mass is 9.89. The molecule has 1 unspecified atom stereocenters. The maximum Gasteiger partial charge on any atom is 0.123 e. The van der Waals surface area contributed by atoms with E-state index in [-0.39, 0.29) is 5.82 Å². The van der Waals surface area contributed by atoms with Crippen molar-refractivity contribution in [1.82, 2.24) is 5.32 Å². The molecule has 2 N–H and O–H groups in total. The second-order valence-electron chi connectivity index (χ2n) is 4.34. The summed E-state index contributed by atoms with van der Waals surface area (Å²) in [6.07, 6.45) is 0.575. The average Bonchev–Trinajstić information content (AvgIpc) is 2.22. The van der Waals surface area contributed by atoms with Crippen LogP contribution in [0.15, 0.2) is 18.2 Å². The number of aryl methyl sites for hydroxylation is 1. The molecule has 0 bridgehead atoms. The lowest BCUT2D eigenvalue weighted by Crippen LogP contribution is -2.28. The molecule has 0 radical (unpaired) electrons. The molecule has 0 aliphatic heterocycles. The highest BCUT2D eigenvalue weighted by molar-refractivity contribution is 5.31. The van der Waals surface area contributed by atoms with E-state index in [0.29, 0.717) is 12.0 Å². The highest BCUT2D eigenvalue weighted by Gasteiger charge is 2.24. The third-order valence-electron chi connectivity index (χ3n) is 2.82. The standard InChI is InChI=1S/C13H20FNO/c1-4-15-8-7-13(3,16)12-9-11(14)6-5-10(12)2/h5-6,9,15-16H,4,7-8H2,1-3H3. The Balaban J connectivity index is 2.83. The molecule has 1 aromatic rings. The van der Waals surface area contributed by atoms with Crippen molar-refractivity contribution >= 4 is 0 Å². The molecule has 2 nitrogen and oxygen atoms in total. The van der Waals surface area contributed by atoms with Crippen molar-refractivity contribution in [3.63, 3.8) is 0 Å². The number of benzene rings is 1. The smallest absolute Gasteiger partial charge is 0.123 e. The van der Waals surface area contributed by atoms with Crippen LogP contribution in [0.1, 0.15) is 31.4 Å². The topological polar surface area (TPSA) is 32.3 Å². The van der Waals surface area contributed by atoms with Gasteiger partial charge in [0.15, 0.2) is 0 Å². The van der Waals surface area contributed by atoms with Gasteiger partial charge in [0.05, 0.1) is 5.60 Å². The number of aliphatic hydroxyl groups is 1. The summed E-state index contributed by atoms with van der Waals surface area (Å²) in [5.41, 5.74) is 0.613. The van der Waals surface area contributed by atoms with Gasteiger partial charge in [-0.1, -0.05) is 13.0 Å². The summed E-state index contributed by atoms with van der Waals surface area (Å²) < 4.78 is 13.1. The SMILES string of the molecule is CCNCCC(C)(O)c1cc(F)ccc1C. The van der Waals surface area contributed by atoms with Gasteiger partial charge in [-0.2, -0.15) is 0 Å². The second kappa shape index (κ2) is 5.41. The van der Waals surface area contributed by atoms with Gasteiger partial charge in [0.2, 0.25) is 0 Å². The largest absolute Gasteiger partial charge is 0.385 e. The summed E-state index contributed by atoms with van der Waals surface area (Å²) in [7, 11) is 0. The van der Waals surface area contributed by atoms with Crippen LogP contribution in [0, 0.1) is 12.7 Å². The molecular weight excluding hydrogens is 205 g/mol. The maximum atomic E-state index is 13.1. The van der Waals surface area contributed by atoms with E-state index in [0.717, 1.165) is 18.7 Å². The van der Waals surface area contributed by atoms with Gasteiger partial charge in [0, 0.05) is 0 Å². The summed E-state index contributed by atoms with van der Waals surface area (Å²) in [6, 6.07) is 4.53. The number of hydrogen-bond acceptors (Lipinski definition) is 2. The average molecular weight is 225 g/mol. The Morgan fingerprint density at radius 2 is 2.12 bits per heavy atom. The van der Waals surface area contributed by atoms with Crippen LogP contribution in [0.3, 0.4) is 0 Å². The number of halogens is 1. The molecule has 0 saturated heterocycles. The monoisotopic (exact) mass is 225 g/mol. The van der Waals surface area contributed by atoms with Gasteiger partial charge in [0.25, 0.3) is 0 Å². The van der Waals surface area contributed by atoms with Gasteiger partial charge < -0.3 is 10.4 Å². The van der Waals surface area contributed by atoms with E-state index < -0.39 is 5.60 Å². The predicted molar refractivity (Wildman–Crippen MR) is 63.9 cm³/mol. The van der Waals surface area contributed by atoms with Crippen LogP contribution in [0.2, 0.25) is 0 Å². The Morgan fingerprint density at radius 1 is 1.44 bits per heavy atom. The predicted octanol–water partition coefficient (Wildman–Crippen LogP) is 2.34. The number of hydrogen-bond donors (Lipinski definition) is 2. The first-order valence-corrected chi connectivity index (χ1v) is 5.67. The van der Waals surface area contributed by atoms with E-state index in [4.69, 9.17) is 0 Å². The Kier molecular flexibility index (Phi) is 4.44. The fourth-order valence-electron chi connectivity index (χ4n) is 1.82. The third-order valence-corrected chi connectivity index (χ3v) is 2.82. The van der Waals surface area contributed by atoms with Crippen LogP contribution in [0.5, 0.6) is 0 Å². The van der Waals surface area contributed by atoms with Gasteiger partial charge >= 0.3 is 0 Å². The first kappa shape index (κ1) is 13.1. The summed E-state index contributed by atoms with van der Waals surface area (Å²) in [5, 5.41) is 13.5. The molecule has 0 aliphatic carbocycles. The van der Waals surface area contributed by atoms with Crippen molar-refractivity contribution in [2.24, 2.45) is 0 Å². The van der Waals surface area contributed by atoms with E-state index in [2.05, 4.69) is 5.32 Å². The van der Waals surface area contributed by atoms with E-state index in [1.807, 2.05) is 13.8 Å². The summed E-state index contributed by atoms with van der Waals surface area (Å²) in [5.74, 6) is -0.302. The van der Waals surface area contributed by atoms with Gasteiger partial charge in [-0.15, -0.1) is 0 Å². The molecule has 0 heterocycles. The van der Waals surface area contributed by atoms with Gasteiger partial charge in [-0.05, 0) is 56.6 Å². The van der Waals surface area contributed by atoms with Crippen molar-refractivity contribution in [3.8, 4) is 0 Å². The van der Waals surface area contributed by atoms with Crippen molar-refractivity contribution in [1.29, 1.82) is 0 Å². The second-order valence-corrected chi connectivity index (χ2v) is 4.34. The zero-order valence-electron chi connectivity index (χ0n) is 10.2. The van der Waals surface area contributed by atoms with Crippen LogP contribution in [-0.4, -0.2) is 18.2 Å². The zero-order chi connectivity index (χ0) is 12.2. The quantitative estimate of drug-likeness (QED) is 0.754. The number of nitrogens with one attached hydrogen (secondary N) is 1. The molecule has 1 aromatic carbocycles. The van der Waals surface area contributed by atoms with Crippen LogP contribution in [0.25, 0.3) is 0 Å². The minimum atomic E-state index is -0.978. The van der Waals surface area contributed by atoms with Crippen molar-refractivity contribution in [3.05, 3.63) is 35.1 Å². The Hall–Kier alpha value is -0.930. The highest BCUT2D eigenvalue weighted by Crippen LogP contribution is 2.27. The molecule has 0 fully saturated rings. The molecule has 0 saturated carbocycles. The molecule has 90 valence electrons. The normalized spacial score (nSPS) is 14.8. The fraction of sp³-hybridized carbons (Fsp3) is 0.538. The molecule has 1 rings (SSSR count). The Labute approximate surface area is 96.5 Å². The summed E-state index contributed by atoms with van der Waals surface area (Å²) in [4.78, 5) is 0. The zero-order valence-corrected chi connectivity index (χ0v) is 10.2. The van der Waals surface area contributed by atoms with E-state index in [1.54, 1.807) is 13.0 Å². The lowest BCUT2D eigenvalue weighted by molar-refractivity contribution is 0.0472. The van der Waals surface area contributed by atoms with E-state index in [1.165, 1.54) is 12.1 Å². The highest BCUT2D eigenvalue weighted by atomic mass is 19.1. The van der Waals surface area contributed by atoms with Gasteiger partial charge in [-0.25, -0.2) is 4.39 Å². The molecule has 3 heteroatoms. The minimum absolute atomic E-state index is 0.302. The Bertz CT molecular complexity index is 350. The molecule has 0 amide bonds. The molecule has 0 aromatic heterocycles. The van der Waals surface area contributed by atoms with Crippen LogP contribution in [0.4, 0.5) is 4.39 Å². The van der Waals surface area contributed by atoms with Gasteiger partial charge in [-0.3, -0.25) is 0 Å². The van der Waals surface area contributed by atoms with Crippen molar-refractivity contribution in [2.75, 3.05) is 13.1 Å². The lowest BCUT2D eigenvalue weighted by Gasteiger charge is -2.25. The molecule has 1 atom stereocenters. The van der Waals surface area contributed by atoms with Crippen LogP contribution >= 0.6 is 0 Å². The molecule has 0 aliphatic rings. The van der Waals surface area contributed by atoms with Crippen LogP contribution in [-0.2, 0) is 5.60 Å². The van der Waals surface area contributed by atoms with E-state index in [9.17, 15) is 9.50 Å². The molecule has 0 spiro atoms. The number of rotatable bonds is 5. The summed E-state index contributed by atoms with van der Waals surface area (Å²) >= 11 is 0. The first-order valence-electron chi connectivity index (χ1n) is 5.67. The van der Waals surface area contributed by atoms with Crippen LogP contribution < -0.4 is 5.32 Å². The first-order chi connectivity index (χ1) is 7.47. The Morgan fingerprint density at radius 3 is 2.75 bits per heavy atom.